The van der Waals surface area contributed by atoms with Gasteiger partial charge in [0.1, 0.15) is 0 Å². The summed E-state index contributed by atoms with van der Waals surface area (Å²) in [6, 6.07) is 0.866. The molecule has 15 heavy (non-hydrogen) atoms. The zero-order valence-electron chi connectivity index (χ0n) is 10.6. The molecule has 1 atom stereocenters. The summed E-state index contributed by atoms with van der Waals surface area (Å²) < 4.78 is 0. The van der Waals surface area contributed by atoms with Crippen molar-refractivity contribution < 1.29 is 0 Å². The molecule has 0 aliphatic carbocycles. The quantitative estimate of drug-likeness (QED) is 0.562. The van der Waals surface area contributed by atoms with Gasteiger partial charge in [-0.1, -0.05) is 58.3 Å². The maximum atomic E-state index is 3.58. The van der Waals surface area contributed by atoms with Crippen LogP contribution in [0.2, 0.25) is 0 Å². The smallest absolute Gasteiger partial charge is 0.00675 e. The van der Waals surface area contributed by atoms with Crippen molar-refractivity contribution in [2.24, 2.45) is 0 Å². The second-order valence-corrected chi connectivity index (χ2v) is 5.06. The molecule has 0 aromatic heterocycles. The third kappa shape index (κ3) is 6.94. The minimum atomic E-state index is 0.866. The monoisotopic (exact) mass is 211 g/mol. The SMILES string of the molecule is CCCCCCCCCCC1CCCN1. The third-order valence-corrected chi connectivity index (χ3v) is 3.57. The maximum absolute atomic E-state index is 3.58. The third-order valence-electron chi connectivity index (χ3n) is 3.57. The van der Waals surface area contributed by atoms with Crippen molar-refractivity contribution in [3.63, 3.8) is 0 Å². The van der Waals surface area contributed by atoms with E-state index in [0.29, 0.717) is 0 Å². The summed E-state index contributed by atoms with van der Waals surface area (Å²) in [4.78, 5) is 0. The fourth-order valence-corrected chi connectivity index (χ4v) is 2.53. The van der Waals surface area contributed by atoms with Crippen molar-refractivity contribution in [2.75, 3.05) is 6.54 Å². The lowest BCUT2D eigenvalue weighted by Gasteiger charge is -2.09. The first-order valence-electron chi connectivity index (χ1n) is 7.17. The molecular weight excluding hydrogens is 182 g/mol. The van der Waals surface area contributed by atoms with E-state index < -0.39 is 0 Å². The molecule has 0 bridgehead atoms. The van der Waals surface area contributed by atoms with Gasteiger partial charge < -0.3 is 5.32 Å². The molecule has 1 aliphatic heterocycles. The molecule has 0 saturated carbocycles. The lowest BCUT2D eigenvalue weighted by atomic mass is 10.0. The molecule has 1 heteroatoms. The molecule has 0 radical (unpaired) electrons. The second-order valence-electron chi connectivity index (χ2n) is 5.06. The van der Waals surface area contributed by atoms with Gasteiger partial charge >= 0.3 is 0 Å². The molecule has 1 saturated heterocycles. The van der Waals surface area contributed by atoms with E-state index >= 15 is 0 Å². The van der Waals surface area contributed by atoms with Crippen LogP contribution in [0.1, 0.15) is 77.6 Å². The van der Waals surface area contributed by atoms with E-state index in [1.807, 2.05) is 0 Å². The largest absolute Gasteiger partial charge is 0.314 e. The average Bonchev–Trinajstić information content (AvgIpc) is 2.75. The van der Waals surface area contributed by atoms with Crippen LogP contribution in [0, 0.1) is 0 Å². The Morgan fingerprint density at radius 3 is 2.20 bits per heavy atom. The van der Waals surface area contributed by atoms with Crippen LogP contribution in [-0.2, 0) is 0 Å². The van der Waals surface area contributed by atoms with Crippen molar-refractivity contribution in [1.29, 1.82) is 0 Å². The number of nitrogens with one attached hydrogen (secondary N) is 1. The van der Waals surface area contributed by atoms with Gasteiger partial charge in [-0.25, -0.2) is 0 Å². The van der Waals surface area contributed by atoms with Gasteiger partial charge in [0.2, 0.25) is 0 Å². The van der Waals surface area contributed by atoms with Crippen LogP contribution in [0.5, 0.6) is 0 Å². The Labute approximate surface area is 96.0 Å². The van der Waals surface area contributed by atoms with E-state index in [0.717, 1.165) is 6.04 Å². The van der Waals surface area contributed by atoms with E-state index in [1.54, 1.807) is 0 Å². The molecular formula is C14H29N. The van der Waals surface area contributed by atoms with Crippen LogP contribution in [0.15, 0.2) is 0 Å². The minimum absolute atomic E-state index is 0.866. The van der Waals surface area contributed by atoms with E-state index in [4.69, 9.17) is 0 Å². The summed E-state index contributed by atoms with van der Waals surface area (Å²) in [5.41, 5.74) is 0. The van der Waals surface area contributed by atoms with Crippen LogP contribution in [0.3, 0.4) is 0 Å². The normalized spacial score (nSPS) is 21.0. The van der Waals surface area contributed by atoms with Crippen molar-refractivity contribution in [1.82, 2.24) is 5.32 Å². The first-order chi connectivity index (χ1) is 7.43. The Hall–Kier alpha value is -0.0400. The zero-order valence-corrected chi connectivity index (χ0v) is 10.6. The predicted octanol–water partition coefficient (Wildman–Crippen LogP) is 4.27. The van der Waals surface area contributed by atoms with Gasteiger partial charge in [0.25, 0.3) is 0 Å². The summed E-state index contributed by atoms with van der Waals surface area (Å²) in [6.45, 7) is 3.55. The fourth-order valence-electron chi connectivity index (χ4n) is 2.53. The summed E-state index contributed by atoms with van der Waals surface area (Å²) in [7, 11) is 0. The molecule has 1 N–H and O–H groups in total. The molecule has 1 unspecified atom stereocenters. The molecule has 1 aliphatic rings. The summed E-state index contributed by atoms with van der Waals surface area (Å²) in [5, 5.41) is 3.58. The average molecular weight is 211 g/mol. The first kappa shape index (κ1) is 13.0. The number of rotatable bonds is 9. The lowest BCUT2D eigenvalue weighted by molar-refractivity contribution is 0.500. The van der Waals surface area contributed by atoms with Crippen LogP contribution in [-0.4, -0.2) is 12.6 Å². The van der Waals surface area contributed by atoms with Crippen LogP contribution in [0.25, 0.3) is 0 Å². The topological polar surface area (TPSA) is 12.0 Å². The predicted molar refractivity (Wildman–Crippen MR) is 68.3 cm³/mol. The van der Waals surface area contributed by atoms with E-state index in [9.17, 15) is 0 Å². The van der Waals surface area contributed by atoms with Gasteiger partial charge in [0.15, 0.2) is 0 Å². The van der Waals surface area contributed by atoms with Gasteiger partial charge in [-0.05, 0) is 25.8 Å². The maximum Gasteiger partial charge on any atom is 0.00675 e. The van der Waals surface area contributed by atoms with Crippen LogP contribution >= 0.6 is 0 Å². The molecule has 1 rings (SSSR count). The number of hydrogen-bond acceptors (Lipinski definition) is 1. The molecule has 1 fully saturated rings. The highest BCUT2D eigenvalue weighted by molar-refractivity contribution is 4.73. The molecule has 0 aromatic rings. The van der Waals surface area contributed by atoms with E-state index in [2.05, 4.69) is 12.2 Å². The van der Waals surface area contributed by atoms with Crippen molar-refractivity contribution in [2.45, 2.75) is 83.6 Å². The summed E-state index contributed by atoms with van der Waals surface area (Å²) >= 11 is 0. The zero-order chi connectivity index (χ0) is 10.8. The highest BCUT2D eigenvalue weighted by atomic mass is 14.9. The molecule has 0 spiro atoms. The van der Waals surface area contributed by atoms with Gasteiger partial charge in [0, 0.05) is 6.04 Å². The molecule has 1 heterocycles. The van der Waals surface area contributed by atoms with E-state index in [1.165, 1.54) is 77.2 Å². The van der Waals surface area contributed by atoms with Crippen molar-refractivity contribution in [3.05, 3.63) is 0 Å². The lowest BCUT2D eigenvalue weighted by Crippen LogP contribution is -2.20. The van der Waals surface area contributed by atoms with Crippen molar-refractivity contribution in [3.8, 4) is 0 Å². The van der Waals surface area contributed by atoms with Gasteiger partial charge in [0.05, 0.1) is 0 Å². The Bertz CT molecular complexity index is 127. The van der Waals surface area contributed by atoms with Crippen molar-refractivity contribution >= 4 is 0 Å². The molecule has 90 valence electrons. The Kier molecular flexibility index (Phi) is 7.99. The number of unbranched alkanes of at least 4 members (excludes halogenated alkanes) is 7. The Morgan fingerprint density at radius 2 is 1.60 bits per heavy atom. The van der Waals surface area contributed by atoms with Gasteiger partial charge in [-0.2, -0.15) is 0 Å². The highest BCUT2D eigenvalue weighted by Gasteiger charge is 2.12. The van der Waals surface area contributed by atoms with Gasteiger partial charge in [-0.15, -0.1) is 0 Å². The Balaban J connectivity index is 1.73. The fraction of sp³-hybridized carbons (Fsp3) is 1.00. The standard InChI is InChI=1S/C14H29N/c1-2-3-4-5-6-7-8-9-11-14-12-10-13-15-14/h14-15H,2-13H2,1H3. The van der Waals surface area contributed by atoms with Crippen LogP contribution in [0.4, 0.5) is 0 Å². The first-order valence-corrected chi connectivity index (χ1v) is 7.17. The number of hydrogen-bond donors (Lipinski definition) is 1. The van der Waals surface area contributed by atoms with Gasteiger partial charge in [-0.3, -0.25) is 0 Å². The second kappa shape index (κ2) is 9.21. The van der Waals surface area contributed by atoms with E-state index in [-0.39, 0.29) is 0 Å². The molecule has 0 aromatic carbocycles. The molecule has 1 nitrogen and oxygen atoms in total. The molecule has 0 amide bonds. The minimum Gasteiger partial charge on any atom is -0.314 e. The summed E-state index contributed by atoms with van der Waals surface area (Å²) in [6.07, 6.45) is 15.8. The summed E-state index contributed by atoms with van der Waals surface area (Å²) in [5.74, 6) is 0. The Morgan fingerprint density at radius 1 is 0.933 bits per heavy atom. The highest BCUT2D eigenvalue weighted by Crippen LogP contribution is 2.14. The van der Waals surface area contributed by atoms with Crippen LogP contribution < -0.4 is 5.32 Å².